The van der Waals surface area contributed by atoms with Crippen LogP contribution in [0.25, 0.3) is 11.0 Å². The van der Waals surface area contributed by atoms with Gasteiger partial charge < -0.3 is 4.57 Å². The summed E-state index contributed by atoms with van der Waals surface area (Å²) in [4.78, 5) is 5.97. The molecule has 0 atom stereocenters. The van der Waals surface area contributed by atoms with E-state index in [1.165, 1.54) is 41.6 Å². The highest BCUT2D eigenvalue weighted by atomic mass is 35.7. The highest BCUT2D eigenvalue weighted by Crippen LogP contribution is 2.31. The molecular weight excluding hydrogens is 312 g/mol. The second kappa shape index (κ2) is 7.27. The van der Waals surface area contributed by atoms with Crippen molar-refractivity contribution in [1.82, 2.24) is 9.55 Å². The quantitative estimate of drug-likeness (QED) is 0.606. The summed E-state index contributed by atoms with van der Waals surface area (Å²) in [6.07, 6.45) is 3.72. The summed E-state index contributed by atoms with van der Waals surface area (Å²) in [6, 6.07) is 6.34. The molecule has 1 aromatic carbocycles. The lowest BCUT2D eigenvalue weighted by Crippen LogP contribution is -2.20. The summed E-state index contributed by atoms with van der Waals surface area (Å²) in [5.74, 6) is 1.97. The van der Waals surface area contributed by atoms with E-state index in [9.17, 15) is 0 Å². The van der Waals surface area contributed by atoms with Crippen LogP contribution in [0, 0.1) is 5.92 Å². The molecule has 4 heteroatoms. The smallest absolute Gasteiger partial charge is 0.115 e. The average Bonchev–Trinajstić information content (AvgIpc) is 2.86. The Morgan fingerprint density at radius 3 is 2.45 bits per heavy atom. The van der Waals surface area contributed by atoms with Crippen molar-refractivity contribution in [3.63, 3.8) is 0 Å². The molecule has 2 rings (SSSR count). The zero-order chi connectivity index (χ0) is 16.3. The molecule has 0 spiro atoms. The van der Waals surface area contributed by atoms with Gasteiger partial charge in [0.05, 0.1) is 11.0 Å². The van der Waals surface area contributed by atoms with Crippen molar-refractivity contribution in [1.29, 1.82) is 0 Å². The lowest BCUT2D eigenvalue weighted by Gasteiger charge is -2.21. The summed E-state index contributed by atoms with van der Waals surface area (Å²) in [7, 11) is 7.14. The molecule has 0 unspecified atom stereocenters. The third-order valence-corrected chi connectivity index (χ3v) is 5.36. The van der Waals surface area contributed by atoms with E-state index < -0.39 is 0 Å². The summed E-state index contributed by atoms with van der Waals surface area (Å²) in [5.41, 5.74) is 2.33. The van der Waals surface area contributed by atoms with Gasteiger partial charge in [0.15, 0.2) is 0 Å². The Balaban J connectivity index is 2.44. The highest BCUT2D eigenvalue weighted by Gasteiger charge is 2.23. The molecule has 0 amide bonds. The van der Waals surface area contributed by atoms with Gasteiger partial charge in [0.2, 0.25) is 0 Å². The molecule has 0 saturated carbocycles. The van der Waals surface area contributed by atoms with Crippen LogP contribution in [0.15, 0.2) is 23.1 Å². The van der Waals surface area contributed by atoms with Gasteiger partial charge in [-0.15, -0.1) is 0 Å². The van der Waals surface area contributed by atoms with Crippen LogP contribution < -0.4 is 0 Å². The molecule has 0 aliphatic carbocycles. The van der Waals surface area contributed by atoms with Crippen LogP contribution in [0.1, 0.15) is 59.7 Å². The number of rotatable bonds is 6. The molecule has 0 N–H and O–H groups in total. The molecule has 122 valence electrons. The first-order valence-corrected chi connectivity index (χ1v) is 9.84. The zero-order valence-electron chi connectivity index (χ0n) is 14.3. The van der Waals surface area contributed by atoms with Crippen LogP contribution in [0.3, 0.4) is 0 Å². The van der Waals surface area contributed by atoms with Gasteiger partial charge in [-0.2, -0.15) is 0 Å². The van der Waals surface area contributed by atoms with Crippen LogP contribution in [-0.4, -0.2) is 9.55 Å². The lowest BCUT2D eigenvalue weighted by atomic mass is 9.95. The summed E-state index contributed by atoms with van der Waals surface area (Å²) < 4.78 is 2.41. The minimum atomic E-state index is 0.0429. The summed E-state index contributed by atoms with van der Waals surface area (Å²) in [5, 5.41) is 0. The molecule has 2 nitrogen and oxygen atoms in total. The van der Waals surface area contributed by atoms with Gasteiger partial charge in [-0.25, -0.2) is 4.98 Å². The second-order valence-corrected chi connectivity index (χ2v) is 8.12. The Bertz CT molecular complexity index is 624. The molecule has 1 heterocycles. The number of aromatic nitrogens is 2. The Labute approximate surface area is 143 Å². The van der Waals surface area contributed by atoms with E-state index in [2.05, 4.69) is 57.4 Å². The van der Waals surface area contributed by atoms with E-state index in [1.54, 1.807) is 0 Å². The second-order valence-electron chi connectivity index (χ2n) is 7.04. The number of imidazole rings is 1. The molecule has 0 aliphatic rings. The molecule has 1 aromatic heterocycles. The maximum Gasteiger partial charge on any atom is 0.115 e. The molecule has 0 bridgehead atoms. The van der Waals surface area contributed by atoms with Crippen LogP contribution in [0.4, 0.5) is 0 Å². The van der Waals surface area contributed by atoms with Crippen molar-refractivity contribution in [3.8, 4) is 0 Å². The fourth-order valence-corrected chi connectivity index (χ4v) is 3.53. The molecule has 22 heavy (non-hydrogen) atoms. The van der Waals surface area contributed by atoms with Crippen molar-refractivity contribution in [2.24, 2.45) is 5.92 Å². The zero-order valence-corrected chi connectivity index (χ0v) is 15.9. The van der Waals surface area contributed by atoms with E-state index in [-0.39, 0.29) is 5.41 Å². The van der Waals surface area contributed by atoms with Gasteiger partial charge >= 0.3 is 0 Å². The van der Waals surface area contributed by atoms with Crippen molar-refractivity contribution < 1.29 is 0 Å². The maximum absolute atomic E-state index is 5.89. The van der Waals surface area contributed by atoms with Crippen molar-refractivity contribution in [2.75, 3.05) is 0 Å². The van der Waals surface area contributed by atoms with Gasteiger partial charge in [-0.3, -0.25) is 0 Å². The van der Waals surface area contributed by atoms with Gasteiger partial charge in [-0.1, -0.05) is 47.5 Å². The first kappa shape index (κ1) is 17.7. The molecular formula is C18H27ClN2S. The van der Waals surface area contributed by atoms with E-state index in [0.717, 1.165) is 22.9 Å². The van der Waals surface area contributed by atoms with Gasteiger partial charge in [0.1, 0.15) is 5.82 Å². The Morgan fingerprint density at radius 2 is 1.91 bits per heavy atom. The normalized spacial score (nSPS) is 12.5. The van der Waals surface area contributed by atoms with Crippen LogP contribution in [0.2, 0.25) is 0 Å². The van der Waals surface area contributed by atoms with Crippen molar-refractivity contribution in [3.05, 3.63) is 24.0 Å². The molecule has 0 fully saturated rings. The first-order valence-electron chi connectivity index (χ1n) is 8.20. The van der Waals surface area contributed by atoms with Crippen molar-refractivity contribution in [2.45, 2.75) is 70.7 Å². The third kappa shape index (κ3) is 3.80. The van der Waals surface area contributed by atoms with Crippen LogP contribution in [-0.2, 0) is 12.0 Å². The Kier molecular flexibility index (Phi) is 5.84. The van der Waals surface area contributed by atoms with E-state index in [0.29, 0.717) is 0 Å². The Hall–Kier alpha value is -0.670. The minimum Gasteiger partial charge on any atom is -0.328 e. The predicted molar refractivity (Wildman–Crippen MR) is 98.8 cm³/mol. The molecule has 2 aromatic rings. The van der Waals surface area contributed by atoms with Crippen LogP contribution >= 0.6 is 21.7 Å². The predicted octanol–water partition coefficient (Wildman–Crippen LogP) is 6.41. The number of fused-ring (bicyclic) bond motifs is 1. The van der Waals surface area contributed by atoms with Crippen LogP contribution in [0.5, 0.6) is 0 Å². The highest BCUT2D eigenvalue weighted by molar-refractivity contribution is 8.21. The van der Waals surface area contributed by atoms with E-state index >= 15 is 0 Å². The number of aryl methyl sites for hydroxylation is 1. The first-order chi connectivity index (χ1) is 10.4. The fraction of sp³-hybridized carbons (Fsp3) is 0.611. The van der Waals surface area contributed by atoms with Gasteiger partial charge in [-0.05, 0) is 52.2 Å². The van der Waals surface area contributed by atoms with E-state index in [4.69, 9.17) is 15.7 Å². The topological polar surface area (TPSA) is 17.8 Å². The average molecular weight is 339 g/mol. The van der Waals surface area contributed by atoms with Crippen molar-refractivity contribution >= 4 is 32.7 Å². The lowest BCUT2D eigenvalue weighted by molar-refractivity contribution is 0.407. The Morgan fingerprint density at radius 1 is 1.23 bits per heavy atom. The number of nitrogens with zero attached hydrogens (tertiary/aromatic N) is 2. The fourth-order valence-electron chi connectivity index (χ4n) is 2.97. The number of benzene rings is 1. The number of hydrogen-bond donors (Lipinski definition) is 0. The van der Waals surface area contributed by atoms with E-state index in [1.807, 2.05) is 0 Å². The van der Waals surface area contributed by atoms with Gasteiger partial charge in [0.25, 0.3) is 0 Å². The summed E-state index contributed by atoms with van der Waals surface area (Å²) >= 11 is 0. The third-order valence-electron chi connectivity index (χ3n) is 4.40. The maximum atomic E-state index is 5.89. The monoisotopic (exact) mass is 338 g/mol. The summed E-state index contributed by atoms with van der Waals surface area (Å²) in [6.45, 7) is 12.3. The number of hydrogen-bond acceptors (Lipinski definition) is 2. The number of halogens is 1. The standard InChI is InChI=1S/C18H27ClN2S/c1-6-13(7-2)10-11-21-16-9-8-14(22-19)12-15(16)20-17(21)18(3,4)5/h8-9,12-13H,6-7,10-11H2,1-5H3. The molecule has 0 radical (unpaired) electrons. The minimum absolute atomic E-state index is 0.0429. The molecule has 0 saturated heterocycles. The molecule has 0 aliphatic heterocycles. The largest absolute Gasteiger partial charge is 0.328 e. The van der Waals surface area contributed by atoms with Gasteiger partial charge in [0, 0.05) is 16.9 Å². The SMILES string of the molecule is CCC(CC)CCn1c(C(C)(C)C)nc2cc(SCl)ccc21.